The lowest BCUT2D eigenvalue weighted by Crippen LogP contribution is -2.41. The van der Waals surface area contributed by atoms with Gasteiger partial charge in [0.2, 0.25) is 5.91 Å². The van der Waals surface area contributed by atoms with Crippen LogP contribution in [0.5, 0.6) is 5.75 Å². The highest BCUT2D eigenvalue weighted by molar-refractivity contribution is 6.05. The Morgan fingerprint density at radius 2 is 1.88 bits per heavy atom. The van der Waals surface area contributed by atoms with E-state index in [0.29, 0.717) is 5.75 Å². The molecule has 1 saturated heterocycles. The first kappa shape index (κ1) is 18.2. The molecule has 140 valence electrons. The molecule has 1 aromatic rings. The monoisotopic (exact) mass is 359 g/mol. The molecule has 2 N–H and O–H groups in total. The summed E-state index contributed by atoms with van der Waals surface area (Å²) in [5.74, 6) is 0.176. The van der Waals surface area contributed by atoms with E-state index in [-0.39, 0.29) is 30.8 Å². The zero-order valence-electron chi connectivity index (χ0n) is 15.0. The highest BCUT2D eigenvalue weighted by atomic mass is 16.5. The zero-order valence-corrected chi connectivity index (χ0v) is 15.0. The van der Waals surface area contributed by atoms with Gasteiger partial charge in [0.25, 0.3) is 5.91 Å². The van der Waals surface area contributed by atoms with Crippen molar-refractivity contribution in [1.29, 1.82) is 0 Å². The lowest BCUT2D eigenvalue weighted by molar-refractivity contribution is -0.131. The number of nitrogens with one attached hydrogen (secondary N) is 2. The molecule has 2 aliphatic rings. The van der Waals surface area contributed by atoms with Gasteiger partial charge in [0, 0.05) is 6.04 Å². The standard InChI is InChI=1S/C19H25N3O4/c1-26-15-9-7-13(8-10-15)12-22-18(24)16(21-19(22)25)11-17(23)20-14-5-3-2-4-6-14/h7-10,14,16H,2-6,11-12H2,1H3,(H,20,23)(H,21,25)/t16-/m1/s1. The number of nitrogens with zero attached hydrogens (tertiary/aromatic N) is 1. The van der Waals surface area contributed by atoms with E-state index in [1.807, 2.05) is 12.1 Å². The predicted molar refractivity (Wildman–Crippen MR) is 95.5 cm³/mol. The second-order valence-electron chi connectivity index (χ2n) is 6.88. The van der Waals surface area contributed by atoms with Crippen LogP contribution in [0, 0.1) is 0 Å². The van der Waals surface area contributed by atoms with Crippen molar-refractivity contribution < 1.29 is 19.1 Å². The number of imide groups is 1. The first-order chi connectivity index (χ1) is 12.6. The Labute approximate surface area is 153 Å². The third-order valence-corrected chi connectivity index (χ3v) is 4.97. The smallest absolute Gasteiger partial charge is 0.325 e. The maximum Gasteiger partial charge on any atom is 0.325 e. The van der Waals surface area contributed by atoms with Crippen molar-refractivity contribution in [3.05, 3.63) is 29.8 Å². The number of rotatable bonds is 6. The molecule has 1 saturated carbocycles. The fourth-order valence-electron chi connectivity index (χ4n) is 3.50. The Bertz CT molecular complexity index is 668. The van der Waals surface area contributed by atoms with Crippen molar-refractivity contribution in [3.63, 3.8) is 0 Å². The molecule has 3 rings (SSSR count). The normalized spacial score (nSPS) is 20.8. The molecular formula is C19H25N3O4. The minimum Gasteiger partial charge on any atom is -0.497 e. The van der Waals surface area contributed by atoms with Crippen LogP contribution < -0.4 is 15.4 Å². The molecule has 2 fully saturated rings. The highest BCUT2D eigenvalue weighted by Crippen LogP contribution is 2.19. The maximum atomic E-state index is 12.5. The number of ether oxygens (including phenoxy) is 1. The van der Waals surface area contributed by atoms with Crippen molar-refractivity contribution in [2.75, 3.05) is 7.11 Å². The van der Waals surface area contributed by atoms with Gasteiger partial charge >= 0.3 is 6.03 Å². The van der Waals surface area contributed by atoms with Crippen molar-refractivity contribution in [2.45, 2.75) is 57.2 Å². The zero-order chi connectivity index (χ0) is 18.5. The Kier molecular flexibility index (Phi) is 5.75. The van der Waals surface area contributed by atoms with E-state index in [4.69, 9.17) is 4.74 Å². The SMILES string of the molecule is COc1ccc(CN2C(=O)N[C@H](CC(=O)NC3CCCCC3)C2=O)cc1. The fraction of sp³-hybridized carbons (Fsp3) is 0.526. The Morgan fingerprint density at radius 1 is 1.19 bits per heavy atom. The third-order valence-electron chi connectivity index (χ3n) is 4.97. The van der Waals surface area contributed by atoms with Crippen LogP contribution >= 0.6 is 0 Å². The molecule has 1 aliphatic carbocycles. The molecule has 0 unspecified atom stereocenters. The summed E-state index contributed by atoms with van der Waals surface area (Å²) in [6.07, 6.45) is 5.42. The van der Waals surface area contributed by atoms with Gasteiger partial charge < -0.3 is 15.4 Å². The van der Waals surface area contributed by atoms with Crippen LogP contribution in [0.25, 0.3) is 0 Å². The second kappa shape index (κ2) is 8.21. The molecular weight excluding hydrogens is 334 g/mol. The van der Waals surface area contributed by atoms with Crippen LogP contribution in [0.2, 0.25) is 0 Å². The van der Waals surface area contributed by atoms with E-state index < -0.39 is 12.1 Å². The van der Waals surface area contributed by atoms with Gasteiger partial charge in [0.05, 0.1) is 20.1 Å². The van der Waals surface area contributed by atoms with Crippen LogP contribution in [0.3, 0.4) is 0 Å². The first-order valence-electron chi connectivity index (χ1n) is 9.11. The summed E-state index contributed by atoms with van der Waals surface area (Å²) in [4.78, 5) is 38.0. The van der Waals surface area contributed by atoms with Gasteiger partial charge in [-0.05, 0) is 30.5 Å². The third kappa shape index (κ3) is 4.33. The molecule has 1 heterocycles. The number of urea groups is 1. The molecule has 7 heteroatoms. The Hall–Kier alpha value is -2.57. The molecule has 26 heavy (non-hydrogen) atoms. The summed E-state index contributed by atoms with van der Waals surface area (Å²) in [6, 6.07) is 6.13. The topological polar surface area (TPSA) is 87.7 Å². The van der Waals surface area contributed by atoms with Crippen LogP contribution in [-0.4, -0.2) is 41.9 Å². The van der Waals surface area contributed by atoms with E-state index in [2.05, 4.69) is 10.6 Å². The van der Waals surface area contributed by atoms with Crippen LogP contribution in [-0.2, 0) is 16.1 Å². The minimum absolute atomic E-state index is 0.0137. The van der Waals surface area contributed by atoms with Gasteiger partial charge in [-0.1, -0.05) is 31.4 Å². The van der Waals surface area contributed by atoms with Crippen LogP contribution in [0.1, 0.15) is 44.1 Å². The Morgan fingerprint density at radius 3 is 2.54 bits per heavy atom. The number of amides is 4. The predicted octanol–water partition coefficient (Wildman–Crippen LogP) is 1.95. The average Bonchev–Trinajstić information content (AvgIpc) is 2.90. The molecule has 1 aromatic carbocycles. The number of methoxy groups -OCH3 is 1. The number of hydrogen-bond acceptors (Lipinski definition) is 4. The summed E-state index contributed by atoms with van der Waals surface area (Å²) >= 11 is 0. The molecule has 1 atom stereocenters. The number of benzene rings is 1. The molecule has 1 aliphatic heterocycles. The quantitative estimate of drug-likeness (QED) is 0.760. The summed E-state index contributed by atoms with van der Waals surface area (Å²) < 4.78 is 5.10. The van der Waals surface area contributed by atoms with Crippen molar-refractivity contribution in [3.8, 4) is 5.75 Å². The summed E-state index contributed by atoms with van der Waals surface area (Å²) in [7, 11) is 1.58. The molecule has 4 amide bonds. The molecule has 0 radical (unpaired) electrons. The second-order valence-corrected chi connectivity index (χ2v) is 6.88. The van der Waals surface area contributed by atoms with Gasteiger partial charge in [0.15, 0.2) is 0 Å². The number of carbonyl (C=O) groups is 3. The van der Waals surface area contributed by atoms with Gasteiger partial charge in [-0.25, -0.2) is 4.79 Å². The van der Waals surface area contributed by atoms with Gasteiger partial charge in [-0.3, -0.25) is 14.5 Å². The number of hydrogen-bond donors (Lipinski definition) is 2. The van der Waals surface area contributed by atoms with Gasteiger partial charge in [0.1, 0.15) is 11.8 Å². The van der Waals surface area contributed by atoms with Crippen molar-refractivity contribution >= 4 is 17.8 Å². The molecule has 7 nitrogen and oxygen atoms in total. The largest absolute Gasteiger partial charge is 0.497 e. The average molecular weight is 359 g/mol. The molecule has 0 aromatic heterocycles. The van der Waals surface area contributed by atoms with Crippen molar-refractivity contribution in [2.24, 2.45) is 0 Å². The maximum absolute atomic E-state index is 12.5. The van der Waals surface area contributed by atoms with E-state index in [1.54, 1.807) is 19.2 Å². The van der Waals surface area contributed by atoms with E-state index in [1.165, 1.54) is 6.42 Å². The lowest BCUT2D eigenvalue weighted by atomic mass is 9.95. The molecule has 0 bridgehead atoms. The summed E-state index contributed by atoms with van der Waals surface area (Å²) in [6.45, 7) is 0.176. The van der Waals surface area contributed by atoms with Crippen LogP contribution in [0.4, 0.5) is 4.79 Å². The van der Waals surface area contributed by atoms with E-state index in [0.717, 1.165) is 36.1 Å². The van der Waals surface area contributed by atoms with E-state index in [9.17, 15) is 14.4 Å². The van der Waals surface area contributed by atoms with Gasteiger partial charge in [-0.2, -0.15) is 0 Å². The van der Waals surface area contributed by atoms with E-state index >= 15 is 0 Å². The first-order valence-corrected chi connectivity index (χ1v) is 9.11. The molecule has 0 spiro atoms. The van der Waals surface area contributed by atoms with Gasteiger partial charge in [-0.15, -0.1) is 0 Å². The highest BCUT2D eigenvalue weighted by Gasteiger charge is 2.39. The Balaban J connectivity index is 1.54. The van der Waals surface area contributed by atoms with Crippen molar-refractivity contribution in [1.82, 2.24) is 15.5 Å². The summed E-state index contributed by atoms with van der Waals surface area (Å²) in [5, 5.41) is 5.60. The number of carbonyl (C=O) groups excluding carboxylic acids is 3. The lowest BCUT2D eigenvalue weighted by Gasteiger charge is -2.23. The van der Waals surface area contributed by atoms with Crippen LogP contribution in [0.15, 0.2) is 24.3 Å². The minimum atomic E-state index is -0.788. The summed E-state index contributed by atoms with van der Waals surface area (Å²) in [5.41, 5.74) is 0.821. The fourth-order valence-corrected chi connectivity index (χ4v) is 3.50.